The molecule has 2 N–H and O–H groups in total. The second-order valence-electron chi connectivity index (χ2n) is 7.24. The van der Waals surface area contributed by atoms with Crippen molar-refractivity contribution in [1.82, 2.24) is 5.32 Å². The number of nitro benzene ring substituents is 1. The highest BCUT2D eigenvalue weighted by molar-refractivity contribution is 5.95. The number of carbonyl (C=O) groups excluding carboxylic acids is 1. The fraction of sp³-hybridized carbons (Fsp3) is 0.208. The van der Waals surface area contributed by atoms with Gasteiger partial charge in [-0.15, -0.1) is 0 Å². The van der Waals surface area contributed by atoms with E-state index in [-0.39, 0.29) is 23.7 Å². The van der Waals surface area contributed by atoms with E-state index in [4.69, 9.17) is 0 Å². The van der Waals surface area contributed by atoms with Crippen LogP contribution in [0.4, 0.5) is 15.8 Å². The van der Waals surface area contributed by atoms with Crippen molar-refractivity contribution in [3.05, 3.63) is 105 Å². The summed E-state index contributed by atoms with van der Waals surface area (Å²) in [6.07, 6.45) is 0.899. The van der Waals surface area contributed by atoms with Gasteiger partial charge in [-0.05, 0) is 47.7 Å². The molecule has 0 aliphatic carbocycles. The number of benzene rings is 3. The van der Waals surface area contributed by atoms with Crippen molar-refractivity contribution >= 4 is 17.3 Å². The van der Waals surface area contributed by atoms with Crippen LogP contribution in [0.15, 0.2) is 66.7 Å². The normalized spacial score (nSPS) is 11.7. The van der Waals surface area contributed by atoms with Gasteiger partial charge in [-0.3, -0.25) is 20.2 Å². The topological polar surface area (TPSA) is 84.3 Å². The van der Waals surface area contributed by atoms with Crippen LogP contribution in [-0.2, 0) is 11.2 Å². The molecule has 0 saturated carbocycles. The smallest absolute Gasteiger partial charge is 0.293 e. The number of nitrogens with zero attached hydrogens (tertiary/aromatic N) is 1. The summed E-state index contributed by atoms with van der Waals surface area (Å²) in [5.41, 5.74) is 3.35. The molecule has 0 fully saturated rings. The zero-order valence-corrected chi connectivity index (χ0v) is 17.4. The Morgan fingerprint density at radius 1 is 1.06 bits per heavy atom. The molecule has 160 valence electrons. The maximum Gasteiger partial charge on any atom is 0.293 e. The summed E-state index contributed by atoms with van der Waals surface area (Å²) in [4.78, 5) is 23.4. The number of para-hydroxylation sites is 1. The van der Waals surface area contributed by atoms with Crippen LogP contribution < -0.4 is 10.6 Å². The third-order valence-corrected chi connectivity index (χ3v) is 5.08. The van der Waals surface area contributed by atoms with Crippen LogP contribution in [0, 0.1) is 22.9 Å². The molecule has 3 aromatic carbocycles. The first-order valence-corrected chi connectivity index (χ1v) is 10.0. The Bertz CT molecular complexity index is 1080. The molecule has 0 heterocycles. The SMILES string of the molecule is CCc1ccc([C@H](NCC(=O)Nc2c(C)cccc2[N+](=O)[O-])c2cccc(F)c2)cc1. The molecular weight excluding hydrogens is 397 g/mol. The van der Waals surface area contributed by atoms with E-state index in [0.29, 0.717) is 11.1 Å². The van der Waals surface area contributed by atoms with E-state index in [0.717, 1.165) is 12.0 Å². The van der Waals surface area contributed by atoms with Gasteiger partial charge in [0.1, 0.15) is 11.5 Å². The molecule has 3 rings (SSSR count). The van der Waals surface area contributed by atoms with Gasteiger partial charge in [0.2, 0.25) is 5.91 Å². The number of rotatable bonds is 8. The summed E-state index contributed by atoms with van der Waals surface area (Å²) >= 11 is 0. The standard InChI is InChI=1S/C24H24FN3O3/c1-3-17-10-12-18(13-11-17)24(19-7-5-8-20(25)14-19)26-15-22(29)27-23-16(2)6-4-9-21(23)28(30)31/h4-14,24,26H,3,15H2,1-2H3,(H,27,29)/t24-/m0/s1. The molecule has 1 amide bonds. The van der Waals surface area contributed by atoms with Crippen LogP contribution in [-0.4, -0.2) is 17.4 Å². The van der Waals surface area contributed by atoms with Gasteiger partial charge >= 0.3 is 0 Å². The fourth-order valence-electron chi connectivity index (χ4n) is 3.41. The van der Waals surface area contributed by atoms with E-state index in [1.54, 1.807) is 31.2 Å². The molecule has 6 nitrogen and oxygen atoms in total. The van der Waals surface area contributed by atoms with Gasteiger partial charge in [-0.2, -0.15) is 0 Å². The average molecular weight is 421 g/mol. The van der Waals surface area contributed by atoms with Gasteiger partial charge in [0.15, 0.2) is 0 Å². The largest absolute Gasteiger partial charge is 0.319 e. The minimum Gasteiger partial charge on any atom is -0.319 e. The average Bonchev–Trinajstić information content (AvgIpc) is 2.75. The number of halogens is 1. The first-order valence-electron chi connectivity index (χ1n) is 10.0. The summed E-state index contributed by atoms with van der Waals surface area (Å²) in [6, 6.07) is 18.3. The predicted molar refractivity (Wildman–Crippen MR) is 119 cm³/mol. The lowest BCUT2D eigenvalue weighted by Crippen LogP contribution is -2.32. The number of hydrogen-bond acceptors (Lipinski definition) is 4. The maximum atomic E-state index is 13.8. The van der Waals surface area contributed by atoms with Crippen LogP contribution >= 0.6 is 0 Å². The summed E-state index contributed by atoms with van der Waals surface area (Å²) in [5.74, 6) is -0.793. The van der Waals surface area contributed by atoms with E-state index < -0.39 is 16.9 Å². The van der Waals surface area contributed by atoms with Gasteiger partial charge in [0, 0.05) is 6.07 Å². The van der Waals surface area contributed by atoms with Crippen molar-refractivity contribution in [2.75, 3.05) is 11.9 Å². The lowest BCUT2D eigenvalue weighted by molar-refractivity contribution is -0.384. The summed E-state index contributed by atoms with van der Waals surface area (Å²) in [5, 5.41) is 17.1. The van der Waals surface area contributed by atoms with Gasteiger partial charge in [0.25, 0.3) is 5.69 Å². The minimum atomic E-state index is -0.527. The molecule has 0 radical (unpaired) electrons. The van der Waals surface area contributed by atoms with Gasteiger partial charge in [0.05, 0.1) is 17.5 Å². The second kappa shape index (κ2) is 9.95. The molecule has 0 aliphatic rings. The molecule has 7 heteroatoms. The molecule has 1 atom stereocenters. The van der Waals surface area contributed by atoms with Crippen LogP contribution in [0.5, 0.6) is 0 Å². The summed E-state index contributed by atoms with van der Waals surface area (Å²) < 4.78 is 13.8. The molecular formula is C24H24FN3O3. The lowest BCUT2D eigenvalue weighted by atomic mass is 9.97. The number of amides is 1. The zero-order chi connectivity index (χ0) is 22.4. The van der Waals surface area contributed by atoms with E-state index in [1.165, 1.54) is 23.8 Å². The molecule has 0 unspecified atom stereocenters. The monoisotopic (exact) mass is 421 g/mol. The zero-order valence-electron chi connectivity index (χ0n) is 17.4. The van der Waals surface area contributed by atoms with E-state index in [2.05, 4.69) is 17.6 Å². The number of anilines is 1. The quantitative estimate of drug-likeness (QED) is 0.399. The van der Waals surface area contributed by atoms with Crippen molar-refractivity contribution in [2.24, 2.45) is 0 Å². The molecule has 0 spiro atoms. The Morgan fingerprint density at radius 2 is 1.77 bits per heavy atom. The summed E-state index contributed by atoms with van der Waals surface area (Å²) in [7, 11) is 0. The Labute approximate surface area is 180 Å². The van der Waals surface area contributed by atoms with Crippen molar-refractivity contribution in [3.63, 3.8) is 0 Å². The van der Waals surface area contributed by atoms with Gasteiger partial charge in [-0.1, -0.05) is 55.5 Å². The highest BCUT2D eigenvalue weighted by atomic mass is 19.1. The van der Waals surface area contributed by atoms with Gasteiger partial charge < -0.3 is 5.32 Å². The van der Waals surface area contributed by atoms with E-state index >= 15 is 0 Å². The first kappa shape index (κ1) is 22.1. The van der Waals surface area contributed by atoms with Crippen molar-refractivity contribution < 1.29 is 14.1 Å². The predicted octanol–water partition coefficient (Wildman–Crippen LogP) is 4.92. The van der Waals surface area contributed by atoms with Crippen LogP contribution in [0.1, 0.15) is 35.2 Å². The molecule has 0 aromatic heterocycles. The number of nitrogens with one attached hydrogen (secondary N) is 2. The number of aryl methyl sites for hydroxylation is 2. The van der Waals surface area contributed by atoms with E-state index in [1.807, 2.05) is 24.3 Å². The molecule has 0 saturated heterocycles. The van der Waals surface area contributed by atoms with E-state index in [9.17, 15) is 19.3 Å². The molecule has 0 aliphatic heterocycles. The van der Waals surface area contributed by atoms with Crippen molar-refractivity contribution in [2.45, 2.75) is 26.3 Å². The number of nitro groups is 1. The maximum absolute atomic E-state index is 13.8. The summed E-state index contributed by atoms with van der Waals surface area (Å²) in [6.45, 7) is 3.65. The fourth-order valence-corrected chi connectivity index (χ4v) is 3.41. The second-order valence-corrected chi connectivity index (χ2v) is 7.24. The molecule has 31 heavy (non-hydrogen) atoms. The van der Waals surface area contributed by atoms with Crippen LogP contribution in [0.3, 0.4) is 0 Å². The van der Waals surface area contributed by atoms with Crippen LogP contribution in [0.2, 0.25) is 0 Å². The highest BCUT2D eigenvalue weighted by Gasteiger charge is 2.20. The third kappa shape index (κ3) is 5.52. The van der Waals surface area contributed by atoms with Gasteiger partial charge in [-0.25, -0.2) is 4.39 Å². The van der Waals surface area contributed by atoms with Crippen molar-refractivity contribution in [3.8, 4) is 0 Å². The molecule has 0 bridgehead atoms. The lowest BCUT2D eigenvalue weighted by Gasteiger charge is -2.20. The number of hydrogen-bond donors (Lipinski definition) is 2. The van der Waals surface area contributed by atoms with Crippen LogP contribution in [0.25, 0.3) is 0 Å². The Kier molecular flexibility index (Phi) is 7.10. The minimum absolute atomic E-state index is 0.109. The third-order valence-electron chi connectivity index (χ3n) is 5.08. The Balaban J connectivity index is 1.81. The highest BCUT2D eigenvalue weighted by Crippen LogP contribution is 2.28. The molecule has 3 aromatic rings. The Morgan fingerprint density at radius 3 is 2.42 bits per heavy atom. The van der Waals surface area contributed by atoms with Crippen molar-refractivity contribution in [1.29, 1.82) is 0 Å². The Hall–Kier alpha value is -3.58. The first-order chi connectivity index (χ1) is 14.9. The number of carbonyl (C=O) groups is 1.